The molecule has 2 aromatic carbocycles. The van der Waals surface area contributed by atoms with Gasteiger partial charge in [-0.2, -0.15) is 0 Å². The minimum absolute atomic E-state index is 0.842. The molecule has 0 spiro atoms. The van der Waals surface area contributed by atoms with Crippen molar-refractivity contribution in [3.63, 3.8) is 0 Å². The van der Waals surface area contributed by atoms with Crippen LogP contribution in [0.5, 0.6) is 11.5 Å². The number of ether oxygens (including phenoxy) is 2. The lowest BCUT2D eigenvalue weighted by Crippen LogP contribution is -2.27. The Balaban J connectivity index is 1.95. The van der Waals surface area contributed by atoms with Crippen LogP contribution in [0.3, 0.4) is 0 Å². The monoisotopic (exact) mass is 281 g/mol. The first-order valence-electron chi connectivity index (χ1n) is 6.68. The zero-order valence-electron chi connectivity index (χ0n) is 12.1. The molecule has 0 atom stereocenters. The summed E-state index contributed by atoms with van der Waals surface area (Å²) < 4.78 is 14.6. The highest BCUT2D eigenvalue weighted by Gasteiger charge is 2.09. The quantitative estimate of drug-likeness (QED) is 0.688. The summed E-state index contributed by atoms with van der Waals surface area (Å²) in [6, 6.07) is 15.9. The minimum Gasteiger partial charge on any atom is -0.497 e. The summed E-state index contributed by atoms with van der Waals surface area (Å²) in [5.41, 5.74) is 2.10. The number of benzene rings is 2. The third-order valence-corrected chi connectivity index (χ3v) is 3.34. The van der Waals surface area contributed by atoms with Gasteiger partial charge in [-0.05, 0) is 24.3 Å². The second kappa shape index (κ2) is 5.71. The van der Waals surface area contributed by atoms with E-state index in [1.54, 1.807) is 14.2 Å². The summed E-state index contributed by atoms with van der Waals surface area (Å²) in [6.45, 7) is 0. The predicted octanol–water partition coefficient (Wildman–Crippen LogP) is 2.77. The molecule has 3 aromatic rings. The molecular weight excluding hydrogens is 264 g/mol. The number of nitrogens with zero attached hydrogens (tertiary/aromatic N) is 2. The largest absolute Gasteiger partial charge is 0.497 e. The van der Waals surface area contributed by atoms with Crippen molar-refractivity contribution in [1.82, 2.24) is 4.57 Å². The van der Waals surface area contributed by atoms with Crippen LogP contribution in [0.15, 0.2) is 67.3 Å². The molecule has 0 aliphatic rings. The van der Waals surface area contributed by atoms with Crippen molar-refractivity contribution in [2.75, 3.05) is 14.2 Å². The molecule has 3 rings (SSSR count). The van der Waals surface area contributed by atoms with Crippen molar-refractivity contribution in [2.45, 2.75) is 0 Å². The fourth-order valence-corrected chi connectivity index (χ4v) is 2.20. The molecule has 0 bridgehead atoms. The Morgan fingerprint density at radius 2 is 1.62 bits per heavy atom. The first kappa shape index (κ1) is 13.2. The Hall–Kier alpha value is -2.75. The molecular formula is C17H17N2O2+. The third-order valence-electron chi connectivity index (χ3n) is 3.34. The van der Waals surface area contributed by atoms with E-state index in [2.05, 4.69) is 0 Å². The van der Waals surface area contributed by atoms with E-state index in [0.717, 1.165) is 22.9 Å². The van der Waals surface area contributed by atoms with E-state index in [1.807, 2.05) is 76.4 Å². The van der Waals surface area contributed by atoms with Crippen LogP contribution in [0.25, 0.3) is 11.4 Å². The number of hydrogen-bond donors (Lipinski definition) is 0. The summed E-state index contributed by atoms with van der Waals surface area (Å²) >= 11 is 0. The normalized spacial score (nSPS) is 10.4. The first-order chi connectivity index (χ1) is 10.3. The SMILES string of the molecule is COc1cccc(-n2cc[n+](-c3cccc(OC)c3)c2)c1. The van der Waals surface area contributed by atoms with Crippen LogP contribution in [0.4, 0.5) is 0 Å². The highest BCUT2D eigenvalue weighted by molar-refractivity contribution is 5.39. The smallest absolute Gasteiger partial charge is 0.254 e. The molecule has 0 aliphatic carbocycles. The molecule has 0 saturated carbocycles. The number of imidazole rings is 1. The van der Waals surface area contributed by atoms with Crippen LogP contribution in [-0.4, -0.2) is 18.8 Å². The lowest BCUT2D eigenvalue weighted by molar-refractivity contribution is -0.594. The summed E-state index contributed by atoms with van der Waals surface area (Å²) in [5, 5.41) is 0. The average molecular weight is 281 g/mol. The van der Waals surface area contributed by atoms with Gasteiger partial charge in [0.25, 0.3) is 6.33 Å². The molecule has 0 N–H and O–H groups in total. The molecule has 4 heteroatoms. The molecule has 21 heavy (non-hydrogen) atoms. The van der Waals surface area contributed by atoms with Crippen LogP contribution >= 0.6 is 0 Å². The zero-order chi connectivity index (χ0) is 14.7. The van der Waals surface area contributed by atoms with Crippen molar-refractivity contribution >= 4 is 0 Å². The van der Waals surface area contributed by atoms with Crippen molar-refractivity contribution in [3.05, 3.63) is 67.3 Å². The van der Waals surface area contributed by atoms with E-state index in [9.17, 15) is 0 Å². The van der Waals surface area contributed by atoms with Gasteiger partial charge in [-0.3, -0.25) is 0 Å². The minimum atomic E-state index is 0.842. The van der Waals surface area contributed by atoms with Crippen molar-refractivity contribution in [2.24, 2.45) is 0 Å². The second-order valence-corrected chi connectivity index (χ2v) is 4.63. The molecule has 1 heterocycles. The summed E-state index contributed by atoms with van der Waals surface area (Å²) in [7, 11) is 3.34. The Morgan fingerprint density at radius 3 is 2.38 bits per heavy atom. The van der Waals surface area contributed by atoms with Crippen LogP contribution in [-0.2, 0) is 0 Å². The van der Waals surface area contributed by atoms with Gasteiger partial charge in [0, 0.05) is 12.1 Å². The molecule has 0 radical (unpaired) electrons. The second-order valence-electron chi connectivity index (χ2n) is 4.63. The fraction of sp³-hybridized carbons (Fsp3) is 0.118. The van der Waals surface area contributed by atoms with Crippen molar-refractivity contribution < 1.29 is 14.0 Å². The standard InChI is InChI=1S/C17H17N2O2/c1-20-16-7-3-5-14(11-16)18-9-10-19(13-18)15-6-4-8-17(12-15)21-2/h3-13H,1-2H3/q+1. The van der Waals surface area contributed by atoms with Crippen LogP contribution in [0.2, 0.25) is 0 Å². The average Bonchev–Trinajstić information content (AvgIpc) is 3.05. The number of hydrogen-bond acceptors (Lipinski definition) is 2. The van der Waals surface area contributed by atoms with E-state index in [4.69, 9.17) is 9.47 Å². The lowest BCUT2D eigenvalue weighted by atomic mass is 10.3. The molecule has 0 amide bonds. The van der Waals surface area contributed by atoms with Crippen molar-refractivity contribution in [1.29, 1.82) is 0 Å². The summed E-state index contributed by atoms with van der Waals surface area (Å²) in [4.78, 5) is 0. The van der Waals surface area contributed by atoms with Gasteiger partial charge in [-0.25, -0.2) is 9.13 Å². The Bertz CT molecular complexity index is 688. The van der Waals surface area contributed by atoms with Gasteiger partial charge in [-0.1, -0.05) is 12.1 Å². The Labute approximate surface area is 123 Å². The number of aromatic nitrogens is 2. The fourth-order valence-electron chi connectivity index (χ4n) is 2.20. The predicted molar refractivity (Wildman–Crippen MR) is 80.4 cm³/mol. The maximum absolute atomic E-state index is 5.26. The topological polar surface area (TPSA) is 27.3 Å². The first-order valence-corrected chi connectivity index (χ1v) is 6.68. The van der Waals surface area contributed by atoms with E-state index < -0.39 is 0 Å². The van der Waals surface area contributed by atoms with Crippen LogP contribution in [0, 0.1) is 0 Å². The van der Waals surface area contributed by atoms with E-state index in [-0.39, 0.29) is 0 Å². The van der Waals surface area contributed by atoms with Crippen LogP contribution < -0.4 is 14.0 Å². The van der Waals surface area contributed by atoms with E-state index in [1.165, 1.54) is 0 Å². The van der Waals surface area contributed by atoms with Crippen LogP contribution in [0.1, 0.15) is 0 Å². The van der Waals surface area contributed by atoms with Crippen molar-refractivity contribution in [3.8, 4) is 22.9 Å². The number of rotatable bonds is 4. The molecule has 0 unspecified atom stereocenters. The maximum Gasteiger partial charge on any atom is 0.254 e. The Morgan fingerprint density at radius 1 is 0.905 bits per heavy atom. The van der Waals surface area contributed by atoms with Gasteiger partial charge in [0.05, 0.1) is 14.2 Å². The van der Waals surface area contributed by atoms with E-state index in [0.29, 0.717) is 0 Å². The summed E-state index contributed by atoms with van der Waals surface area (Å²) in [6.07, 6.45) is 6.03. The lowest BCUT2D eigenvalue weighted by Gasteiger charge is -2.01. The van der Waals surface area contributed by atoms with Gasteiger partial charge in [0.2, 0.25) is 0 Å². The molecule has 1 aromatic heterocycles. The maximum atomic E-state index is 5.26. The molecule has 0 aliphatic heterocycles. The van der Waals surface area contributed by atoms with Gasteiger partial charge < -0.3 is 9.47 Å². The molecule has 0 fully saturated rings. The third kappa shape index (κ3) is 2.74. The highest BCUT2D eigenvalue weighted by atomic mass is 16.5. The summed E-state index contributed by atoms with van der Waals surface area (Å²) in [5.74, 6) is 1.68. The highest BCUT2D eigenvalue weighted by Crippen LogP contribution is 2.16. The van der Waals surface area contributed by atoms with Gasteiger partial charge in [0.15, 0.2) is 0 Å². The molecule has 0 saturated heterocycles. The van der Waals surface area contributed by atoms with Gasteiger partial charge >= 0.3 is 0 Å². The molecule has 106 valence electrons. The zero-order valence-corrected chi connectivity index (χ0v) is 12.1. The van der Waals surface area contributed by atoms with Gasteiger partial charge in [-0.15, -0.1) is 0 Å². The van der Waals surface area contributed by atoms with E-state index >= 15 is 0 Å². The Kier molecular flexibility index (Phi) is 3.60. The number of methoxy groups -OCH3 is 2. The van der Waals surface area contributed by atoms with Gasteiger partial charge in [0.1, 0.15) is 35.3 Å². The molecule has 4 nitrogen and oxygen atoms in total.